The van der Waals surface area contributed by atoms with Gasteiger partial charge in [0, 0.05) is 42.8 Å². The van der Waals surface area contributed by atoms with Gasteiger partial charge in [-0.05, 0) is 50.8 Å². The first-order valence-corrected chi connectivity index (χ1v) is 10.6. The largest absolute Gasteiger partial charge is 0.357 e. The van der Waals surface area contributed by atoms with Crippen LogP contribution in [0, 0.1) is 0 Å². The molecule has 3 aromatic rings. The van der Waals surface area contributed by atoms with Crippen LogP contribution in [0.15, 0.2) is 47.7 Å². The number of hydrogen-bond acceptors (Lipinski definition) is 3. The molecule has 0 amide bonds. The van der Waals surface area contributed by atoms with E-state index in [1.165, 1.54) is 11.3 Å². The number of pyridine rings is 1. The van der Waals surface area contributed by atoms with Crippen LogP contribution >= 0.6 is 0 Å². The monoisotopic (exact) mass is 390 g/mol. The van der Waals surface area contributed by atoms with Gasteiger partial charge in [-0.25, -0.2) is 4.99 Å². The van der Waals surface area contributed by atoms with Crippen LogP contribution in [-0.4, -0.2) is 33.3 Å². The Balaban J connectivity index is 1.47. The smallest absolute Gasteiger partial charge is 0.191 e. The van der Waals surface area contributed by atoms with Gasteiger partial charge < -0.3 is 10.6 Å². The molecule has 2 aromatic heterocycles. The third-order valence-corrected chi connectivity index (χ3v) is 5.43. The molecular formula is C23H30N6. The van der Waals surface area contributed by atoms with Crippen LogP contribution in [0.1, 0.15) is 50.1 Å². The van der Waals surface area contributed by atoms with E-state index in [-0.39, 0.29) is 0 Å². The first-order valence-electron chi connectivity index (χ1n) is 10.6. The van der Waals surface area contributed by atoms with E-state index >= 15 is 0 Å². The molecule has 0 saturated heterocycles. The van der Waals surface area contributed by atoms with Crippen molar-refractivity contribution in [3.8, 4) is 0 Å². The lowest BCUT2D eigenvalue weighted by molar-refractivity contribution is 0.499. The van der Waals surface area contributed by atoms with Crippen molar-refractivity contribution in [2.24, 2.45) is 4.99 Å². The Morgan fingerprint density at radius 1 is 1.28 bits per heavy atom. The zero-order valence-corrected chi connectivity index (χ0v) is 17.5. The van der Waals surface area contributed by atoms with Crippen molar-refractivity contribution in [2.45, 2.75) is 58.7 Å². The number of hydrogen-bond donors (Lipinski definition) is 2. The lowest BCUT2D eigenvalue weighted by atomic mass is 9.94. The zero-order valence-electron chi connectivity index (χ0n) is 17.5. The van der Waals surface area contributed by atoms with Gasteiger partial charge >= 0.3 is 0 Å². The Labute approximate surface area is 172 Å². The Kier molecular flexibility index (Phi) is 5.79. The van der Waals surface area contributed by atoms with E-state index in [0.717, 1.165) is 48.2 Å². The fraction of sp³-hybridized carbons (Fsp3) is 0.435. The topological polar surface area (TPSA) is 67.1 Å². The summed E-state index contributed by atoms with van der Waals surface area (Å²) in [6.07, 6.45) is 7.15. The van der Waals surface area contributed by atoms with E-state index in [2.05, 4.69) is 71.5 Å². The molecule has 1 aromatic carbocycles. The fourth-order valence-electron chi connectivity index (χ4n) is 3.87. The standard InChI is InChI=1S/C23H30N6/c1-4-24-23(26-14-18-8-5-7-17-9-6-12-25-22(17)18)27-20-11-10-19-15-29(16(2)3)28-21(19)13-20/h5-9,12,15-16,20H,4,10-11,13-14H2,1-3H3,(H2,24,26,27). The number of aryl methyl sites for hydroxylation is 1. The number of aliphatic imine (C=N–C) groups is 1. The van der Waals surface area contributed by atoms with Gasteiger partial charge in [-0.2, -0.15) is 5.10 Å². The molecule has 2 heterocycles. The molecule has 2 N–H and O–H groups in total. The van der Waals surface area contributed by atoms with Crippen LogP contribution in [0.25, 0.3) is 10.9 Å². The second kappa shape index (κ2) is 8.64. The van der Waals surface area contributed by atoms with Crippen LogP contribution < -0.4 is 10.6 Å². The highest BCUT2D eigenvalue weighted by molar-refractivity contribution is 5.83. The molecule has 0 bridgehead atoms. The summed E-state index contributed by atoms with van der Waals surface area (Å²) in [6.45, 7) is 7.88. The molecular weight excluding hydrogens is 360 g/mol. The first-order chi connectivity index (χ1) is 14.1. The third-order valence-electron chi connectivity index (χ3n) is 5.43. The molecule has 1 aliphatic rings. The molecule has 6 heteroatoms. The summed E-state index contributed by atoms with van der Waals surface area (Å²) in [5.41, 5.74) is 4.77. The summed E-state index contributed by atoms with van der Waals surface area (Å²) in [5.74, 6) is 0.858. The number of aromatic nitrogens is 3. The van der Waals surface area contributed by atoms with Gasteiger partial charge in [0.05, 0.1) is 17.8 Å². The van der Waals surface area contributed by atoms with Crippen LogP contribution in [0.2, 0.25) is 0 Å². The Morgan fingerprint density at radius 3 is 2.97 bits per heavy atom. The Hall–Kier alpha value is -2.89. The molecule has 0 saturated carbocycles. The highest BCUT2D eigenvalue weighted by atomic mass is 15.3. The van der Waals surface area contributed by atoms with E-state index in [0.29, 0.717) is 18.6 Å². The number of guanidine groups is 1. The quantitative estimate of drug-likeness (QED) is 0.516. The molecule has 1 aliphatic carbocycles. The van der Waals surface area contributed by atoms with Crippen molar-refractivity contribution >= 4 is 16.9 Å². The summed E-state index contributed by atoms with van der Waals surface area (Å²) >= 11 is 0. The lowest BCUT2D eigenvalue weighted by Gasteiger charge is -2.24. The van der Waals surface area contributed by atoms with Crippen LogP contribution in [0.5, 0.6) is 0 Å². The molecule has 4 rings (SSSR count). The number of fused-ring (bicyclic) bond motifs is 2. The van der Waals surface area contributed by atoms with Crippen LogP contribution in [0.4, 0.5) is 0 Å². The highest BCUT2D eigenvalue weighted by Gasteiger charge is 2.23. The number of para-hydroxylation sites is 1. The third kappa shape index (κ3) is 4.42. The van der Waals surface area contributed by atoms with Crippen molar-refractivity contribution in [3.63, 3.8) is 0 Å². The molecule has 1 atom stereocenters. The molecule has 152 valence electrons. The maximum absolute atomic E-state index is 4.85. The van der Waals surface area contributed by atoms with E-state index in [9.17, 15) is 0 Å². The summed E-state index contributed by atoms with van der Waals surface area (Å²) < 4.78 is 2.08. The van der Waals surface area contributed by atoms with E-state index in [1.54, 1.807) is 0 Å². The normalized spacial score (nSPS) is 16.8. The number of nitrogens with one attached hydrogen (secondary N) is 2. The Morgan fingerprint density at radius 2 is 2.14 bits per heavy atom. The van der Waals surface area contributed by atoms with Crippen molar-refractivity contribution in [1.82, 2.24) is 25.4 Å². The van der Waals surface area contributed by atoms with Gasteiger partial charge in [0.15, 0.2) is 5.96 Å². The molecule has 29 heavy (non-hydrogen) atoms. The Bertz CT molecular complexity index is 998. The number of benzene rings is 1. The summed E-state index contributed by atoms with van der Waals surface area (Å²) in [6, 6.07) is 11.1. The van der Waals surface area contributed by atoms with Gasteiger partial charge in [0.25, 0.3) is 0 Å². The molecule has 0 aliphatic heterocycles. The van der Waals surface area contributed by atoms with Gasteiger partial charge in [-0.1, -0.05) is 24.3 Å². The number of rotatable bonds is 5. The molecule has 0 fully saturated rings. The molecule has 0 spiro atoms. The minimum atomic E-state index is 0.349. The minimum Gasteiger partial charge on any atom is -0.357 e. The van der Waals surface area contributed by atoms with E-state index < -0.39 is 0 Å². The predicted molar refractivity (Wildman–Crippen MR) is 118 cm³/mol. The van der Waals surface area contributed by atoms with Gasteiger partial charge in [-0.15, -0.1) is 0 Å². The van der Waals surface area contributed by atoms with Gasteiger partial charge in [0.2, 0.25) is 0 Å². The van der Waals surface area contributed by atoms with Crippen molar-refractivity contribution in [3.05, 3.63) is 59.5 Å². The highest BCUT2D eigenvalue weighted by Crippen LogP contribution is 2.22. The molecule has 0 radical (unpaired) electrons. The van der Waals surface area contributed by atoms with Crippen LogP contribution in [-0.2, 0) is 19.4 Å². The van der Waals surface area contributed by atoms with Gasteiger partial charge in [-0.3, -0.25) is 9.67 Å². The maximum atomic E-state index is 4.85. The second-order valence-electron chi connectivity index (χ2n) is 7.95. The fourth-order valence-corrected chi connectivity index (χ4v) is 3.87. The zero-order chi connectivity index (χ0) is 20.2. The summed E-state index contributed by atoms with van der Waals surface area (Å²) in [4.78, 5) is 9.39. The minimum absolute atomic E-state index is 0.349. The first kappa shape index (κ1) is 19.4. The lowest BCUT2D eigenvalue weighted by Crippen LogP contribution is -2.45. The average molecular weight is 391 g/mol. The number of nitrogens with zero attached hydrogens (tertiary/aromatic N) is 4. The average Bonchev–Trinajstić information content (AvgIpc) is 3.16. The van der Waals surface area contributed by atoms with E-state index in [4.69, 9.17) is 10.1 Å². The van der Waals surface area contributed by atoms with Crippen molar-refractivity contribution < 1.29 is 0 Å². The van der Waals surface area contributed by atoms with Crippen LogP contribution in [0.3, 0.4) is 0 Å². The predicted octanol–water partition coefficient (Wildman–Crippen LogP) is 3.62. The maximum Gasteiger partial charge on any atom is 0.191 e. The summed E-state index contributed by atoms with van der Waals surface area (Å²) in [5, 5.41) is 13.0. The molecule has 6 nitrogen and oxygen atoms in total. The van der Waals surface area contributed by atoms with Crippen molar-refractivity contribution in [2.75, 3.05) is 6.54 Å². The van der Waals surface area contributed by atoms with E-state index in [1.807, 2.05) is 12.3 Å². The van der Waals surface area contributed by atoms with Crippen molar-refractivity contribution in [1.29, 1.82) is 0 Å². The second-order valence-corrected chi connectivity index (χ2v) is 7.95. The SMILES string of the molecule is CCNC(=NCc1cccc2cccnc12)NC1CCc2cn(C(C)C)nc2C1. The molecule has 1 unspecified atom stereocenters. The summed E-state index contributed by atoms with van der Waals surface area (Å²) in [7, 11) is 0. The van der Waals surface area contributed by atoms with Gasteiger partial charge in [0.1, 0.15) is 0 Å².